The monoisotopic (exact) mass is 538 g/mol. The molecule has 6 heteroatoms. The van der Waals surface area contributed by atoms with E-state index in [9.17, 15) is 9.59 Å². The van der Waals surface area contributed by atoms with Crippen LogP contribution in [0.2, 0.25) is 0 Å². The van der Waals surface area contributed by atoms with Gasteiger partial charge in [-0.1, -0.05) is 41.0 Å². The third-order valence-corrected chi connectivity index (χ3v) is 8.41. The van der Waals surface area contributed by atoms with Gasteiger partial charge in [-0.2, -0.15) is 0 Å². The van der Waals surface area contributed by atoms with E-state index in [0.29, 0.717) is 37.9 Å². The molecule has 224 valence electrons. The smallest absolute Gasteiger partial charge is 0.307 e. The predicted octanol–water partition coefficient (Wildman–Crippen LogP) is 7.10. The van der Waals surface area contributed by atoms with E-state index >= 15 is 0 Å². The van der Waals surface area contributed by atoms with Gasteiger partial charge in [0.25, 0.3) is 0 Å². The third-order valence-electron chi connectivity index (χ3n) is 8.41. The summed E-state index contributed by atoms with van der Waals surface area (Å²) in [7, 11) is 0. The first-order valence-corrected chi connectivity index (χ1v) is 15.7. The highest BCUT2D eigenvalue weighted by molar-refractivity contribution is 5.69. The van der Waals surface area contributed by atoms with Gasteiger partial charge in [0.2, 0.25) is 0 Å². The molecule has 0 bridgehead atoms. The van der Waals surface area contributed by atoms with Crippen molar-refractivity contribution in [1.29, 1.82) is 0 Å². The first-order valence-electron chi connectivity index (χ1n) is 15.7. The molecular weight excluding hydrogens is 476 g/mol. The molecule has 38 heavy (non-hydrogen) atoms. The number of carbonyl (C=O) groups is 2. The minimum Gasteiger partial charge on any atom is -0.465 e. The van der Waals surface area contributed by atoms with Crippen LogP contribution in [0, 0.1) is 17.3 Å². The Morgan fingerprint density at radius 1 is 0.711 bits per heavy atom. The summed E-state index contributed by atoms with van der Waals surface area (Å²) in [5, 5.41) is 0. The van der Waals surface area contributed by atoms with Gasteiger partial charge in [-0.3, -0.25) is 14.5 Å². The Bertz CT molecular complexity index is 644. The molecule has 6 nitrogen and oxygen atoms in total. The Balaban J connectivity index is 2.28. The Kier molecular flexibility index (Phi) is 16.8. The van der Waals surface area contributed by atoms with Crippen molar-refractivity contribution in [2.24, 2.45) is 17.3 Å². The number of hydrogen-bond donors (Lipinski definition) is 0. The Labute approximate surface area is 235 Å². The Hall–Kier alpha value is -1.14. The topological polar surface area (TPSA) is 59.1 Å². The first-order chi connectivity index (χ1) is 17.9. The summed E-state index contributed by atoms with van der Waals surface area (Å²) < 4.78 is 11.3. The lowest BCUT2D eigenvalue weighted by molar-refractivity contribution is -0.148. The number of carbonyl (C=O) groups excluding carboxylic acids is 2. The van der Waals surface area contributed by atoms with Crippen LogP contribution in [0.5, 0.6) is 0 Å². The zero-order valence-corrected chi connectivity index (χ0v) is 26.4. The predicted molar refractivity (Wildman–Crippen MR) is 158 cm³/mol. The van der Waals surface area contributed by atoms with Crippen molar-refractivity contribution in [2.45, 2.75) is 132 Å². The molecule has 0 unspecified atom stereocenters. The number of rotatable bonds is 19. The van der Waals surface area contributed by atoms with Crippen molar-refractivity contribution >= 4 is 11.9 Å². The molecule has 1 aliphatic carbocycles. The average molecular weight is 539 g/mol. The molecule has 0 radical (unpaired) electrons. The van der Waals surface area contributed by atoms with E-state index in [1.807, 2.05) is 0 Å². The van der Waals surface area contributed by atoms with Crippen molar-refractivity contribution in [1.82, 2.24) is 9.80 Å². The summed E-state index contributed by atoms with van der Waals surface area (Å²) in [6.45, 7) is 24.0. The summed E-state index contributed by atoms with van der Waals surface area (Å²) in [6.07, 6.45) is 10.6. The van der Waals surface area contributed by atoms with E-state index in [2.05, 4.69) is 65.2 Å². The molecule has 0 aliphatic heterocycles. The van der Waals surface area contributed by atoms with Gasteiger partial charge in [-0.05, 0) is 116 Å². The highest BCUT2D eigenvalue weighted by atomic mass is 16.5. The van der Waals surface area contributed by atoms with Crippen molar-refractivity contribution in [2.75, 3.05) is 45.9 Å². The second-order valence-corrected chi connectivity index (χ2v) is 13.4. The van der Waals surface area contributed by atoms with Gasteiger partial charge in [0, 0.05) is 18.5 Å². The van der Waals surface area contributed by atoms with Gasteiger partial charge in [-0.25, -0.2) is 0 Å². The molecule has 1 saturated carbocycles. The Morgan fingerprint density at radius 3 is 1.66 bits per heavy atom. The standard InChI is InChI=1S/C32H62N2O4/c1-9-20-33(21-10-2)22-12-23-34(31(4,5)6)24-18-30(36)38-26-28-15-13-27(14-16-28)25-37-29(35)17-19-32(7,8)11-3/h27-28H,9-26H2,1-8H3. The van der Waals surface area contributed by atoms with Gasteiger partial charge in [0.05, 0.1) is 19.6 Å². The maximum absolute atomic E-state index is 12.6. The number of ether oxygens (including phenoxy) is 2. The van der Waals surface area contributed by atoms with Crippen LogP contribution in [0.4, 0.5) is 0 Å². The van der Waals surface area contributed by atoms with Crippen LogP contribution in [-0.4, -0.2) is 73.2 Å². The van der Waals surface area contributed by atoms with Gasteiger partial charge < -0.3 is 14.4 Å². The lowest BCUT2D eigenvalue weighted by Crippen LogP contribution is -2.44. The lowest BCUT2D eigenvalue weighted by atomic mass is 9.83. The van der Waals surface area contributed by atoms with E-state index in [1.165, 1.54) is 25.9 Å². The van der Waals surface area contributed by atoms with Crippen LogP contribution in [0.1, 0.15) is 126 Å². The second-order valence-electron chi connectivity index (χ2n) is 13.4. The fourth-order valence-electron chi connectivity index (χ4n) is 5.21. The number of hydrogen-bond acceptors (Lipinski definition) is 6. The van der Waals surface area contributed by atoms with Crippen LogP contribution in [0.25, 0.3) is 0 Å². The van der Waals surface area contributed by atoms with E-state index < -0.39 is 0 Å². The van der Waals surface area contributed by atoms with Crippen molar-refractivity contribution in [3.63, 3.8) is 0 Å². The lowest BCUT2D eigenvalue weighted by Gasteiger charge is -2.36. The average Bonchev–Trinajstić information content (AvgIpc) is 2.87. The molecule has 0 aromatic rings. The summed E-state index contributed by atoms with van der Waals surface area (Å²) in [4.78, 5) is 29.7. The normalized spacial score (nSPS) is 18.7. The molecule has 0 saturated heterocycles. The summed E-state index contributed by atoms with van der Waals surface area (Å²) in [6, 6.07) is 0. The molecule has 0 amide bonds. The van der Waals surface area contributed by atoms with Crippen LogP contribution in [0.15, 0.2) is 0 Å². The molecule has 0 aromatic heterocycles. The minimum atomic E-state index is -0.0797. The minimum absolute atomic E-state index is 0.0364. The first kappa shape index (κ1) is 34.9. The fourth-order valence-corrected chi connectivity index (χ4v) is 5.21. The van der Waals surface area contributed by atoms with Crippen LogP contribution >= 0.6 is 0 Å². The molecule has 0 aromatic carbocycles. The zero-order chi connectivity index (χ0) is 28.6. The van der Waals surface area contributed by atoms with Gasteiger partial charge in [0.1, 0.15) is 0 Å². The maximum atomic E-state index is 12.6. The quantitative estimate of drug-likeness (QED) is 0.164. The van der Waals surface area contributed by atoms with E-state index in [1.54, 1.807) is 0 Å². The van der Waals surface area contributed by atoms with Crippen LogP contribution in [0.3, 0.4) is 0 Å². The zero-order valence-electron chi connectivity index (χ0n) is 26.4. The Morgan fingerprint density at radius 2 is 1.21 bits per heavy atom. The van der Waals surface area contributed by atoms with Gasteiger partial charge in [-0.15, -0.1) is 0 Å². The fraction of sp³-hybridized carbons (Fsp3) is 0.938. The maximum Gasteiger partial charge on any atom is 0.307 e. The molecular formula is C32H62N2O4. The highest BCUT2D eigenvalue weighted by Crippen LogP contribution is 2.30. The third kappa shape index (κ3) is 15.5. The SMILES string of the molecule is CCCN(CCC)CCCN(CCC(=O)OCC1CCC(COC(=O)CCC(C)(C)CC)CC1)C(C)(C)C. The van der Waals surface area contributed by atoms with Crippen LogP contribution in [-0.2, 0) is 19.1 Å². The molecule has 0 heterocycles. The van der Waals surface area contributed by atoms with Crippen molar-refractivity contribution in [3.8, 4) is 0 Å². The number of esters is 2. The molecule has 0 atom stereocenters. The van der Waals surface area contributed by atoms with Crippen molar-refractivity contribution in [3.05, 3.63) is 0 Å². The second kappa shape index (κ2) is 18.3. The molecule has 1 fully saturated rings. The van der Waals surface area contributed by atoms with E-state index in [4.69, 9.17) is 9.47 Å². The molecule has 1 rings (SSSR count). The largest absolute Gasteiger partial charge is 0.465 e. The van der Waals surface area contributed by atoms with Gasteiger partial charge >= 0.3 is 11.9 Å². The van der Waals surface area contributed by atoms with Crippen molar-refractivity contribution < 1.29 is 19.1 Å². The number of nitrogens with zero attached hydrogens (tertiary/aromatic N) is 2. The molecule has 1 aliphatic rings. The van der Waals surface area contributed by atoms with E-state index in [0.717, 1.165) is 64.6 Å². The summed E-state index contributed by atoms with van der Waals surface area (Å²) >= 11 is 0. The summed E-state index contributed by atoms with van der Waals surface area (Å²) in [5.41, 5.74) is 0.235. The van der Waals surface area contributed by atoms with Crippen LogP contribution < -0.4 is 0 Å². The molecule has 0 N–H and O–H groups in total. The molecule has 0 spiro atoms. The highest BCUT2D eigenvalue weighted by Gasteiger charge is 2.25. The van der Waals surface area contributed by atoms with Gasteiger partial charge in [0.15, 0.2) is 0 Å². The van der Waals surface area contributed by atoms with E-state index in [-0.39, 0.29) is 22.9 Å². The summed E-state index contributed by atoms with van der Waals surface area (Å²) in [5.74, 6) is 0.726.